The Morgan fingerprint density at radius 1 is 1.38 bits per heavy atom. The molecule has 1 aliphatic heterocycles. The fourth-order valence-corrected chi connectivity index (χ4v) is 4.61. The Hall–Kier alpha value is -2.45. The van der Waals surface area contributed by atoms with Gasteiger partial charge >= 0.3 is 0 Å². The van der Waals surface area contributed by atoms with Crippen molar-refractivity contribution in [3.63, 3.8) is 0 Å². The van der Waals surface area contributed by atoms with E-state index in [1.54, 1.807) is 30.1 Å². The van der Waals surface area contributed by atoms with Crippen molar-refractivity contribution in [3.05, 3.63) is 59.9 Å². The van der Waals surface area contributed by atoms with Crippen molar-refractivity contribution in [3.8, 4) is 0 Å². The first-order valence-electron chi connectivity index (χ1n) is 8.46. The van der Waals surface area contributed by atoms with E-state index >= 15 is 0 Å². The molecule has 0 fully saturated rings. The number of rotatable bonds is 6. The van der Waals surface area contributed by atoms with Crippen LogP contribution in [-0.4, -0.2) is 41.0 Å². The number of hydrogen-bond donors (Lipinski definition) is 1. The topological polar surface area (TPSA) is 84.3 Å². The van der Waals surface area contributed by atoms with Gasteiger partial charge in [0, 0.05) is 43.5 Å². The summed E-state index contributed by atoms with van der Waals surface area (Å²) >= 11 is 0. The van der Waals surface area contributed by atoms with Crippen LogP contribution in [0.4, 0.5) is 0 Å². The fourth-order valence-electron chi connectivity index (χ4n) is 2.95. The number of nitrogens with zero attached hydrogens (tertiary/aromatic N) is 3. The SMILES string of the molecule is CC[C@@H]1C=CCN1S(=O)(=O)c1cccc(C(=O)NCc2cnn(C)c2)c1. The van der Waals surface area contributed by atoms with Crippen molar-refractivity contribution in [2.75, 3.05) is 6.54 Å². The van der Waals surface area contributed by atoms with Gasteiger partial charge < -0.3 is 5.32 Å². The van der Waals surface area contributed by atoms with Crippen molar-refractivity contribution < 1.29 is 13.2 Å². The minimum Gasteiger partial charge on any atom is -0.348 e. The van der Waals surface area contributed by atoms with Crippen LogP contribution < -0.4 is 5.32 Å². The van der Waals surface area contributed by atoms with Gasteiger partial charge in [0.25, 0.3) is 5.91 Å². The number of aryl methyl sites for hydroxylation is 1. The van der Waals surface area contributed by atoms with Crippen molar-refractivity contribution >= 4 is 15.9 Å². The molecule has 0 saturated heterocycles. The summed E-state index contributed by atoms with van der Waals surface area (Å²) in [4.78, 5) is 12.5. The number of aromatic nitrogens is 2. The lowest BCUT2D eigenvalue weighted by Crippen LogP contribution is -2.35. The van der Waals surface area contributed by atoms with Crippen molar-refractivity contribution in [2.45, 2.75) is 30.8 Å². The standard InChI is InChI=1S/C18H22N4O3S/c1-3-16-7-5-9-22(16)26(24,25)17-8-4-6-15(10-17)18(23)19-11-14-12-20-21(2)13-14/h4-8,10,12-13,16H,3,9,11H2,1-2H3,(H,19,23)/t16-/m1/s1. The maximum atomic E-state index is 12.9. The molecule has 0 radical (unpaired) electrons. The highest BCUT2D eigenvalue weighted by atomic mass is 32.2. The summed E-state index contributed by atoms with van der Waals surface area (Å²) in [5.74, 6) is -0.322. The zero-order valence-corrected chi connectivity index (χ0v) is 15.6. The molecule has 0 saturated carbocycles. The third kappa shape index (κ3) is 3.71. The van der Waals surface area contributed by atoms with Crippen LogP contribution in [-0.2, 0) is 23.6 Å². The second kappa shape index (κ2) is 7.43. The Balaban J connectivity index is 1.76. The highest BCUT2D eigenvalue weighted by Crippen LogP contribution is 2.24. The molecule has 0 aliphatic carbocycles. The first-order chi connectivity index (χ1) is 12.4. The van der Waals surface area contributed by atoms with Gasteiger partial charge in [0.15, 0.2) is 0 Å². The minimum atomic E-state index is -3.64. The molecular weight excluding hydrogens is 352 g/mol. The summed E-state index contributed by atoms with van der Waals surface area (Å²) in [6.45, 7) is 2.64. The molecule has 7 nitrogen and oxygen atoms in total. The first kappa shape index (κ1) is 18.3. The summed E-state index contributed by atoms with van der Waals surface area (Å²) in [5.41, 5.74) is 1.19. The number of sulfonamides is 1. The molecule has 1 N–H and O–H groups in total. The molecule has 0 unspecified atom stereocenters. The Morgan fingerprint density at radius 3 is 2.88 bits per heavy atom. The second-order valence-corrected chi connectivity index (χ2v) is 8.10. The molecule has 1 aliphatic rings. The van der Waals surface area contributed by atoms with Gasteiger partial charge in [0.05, 0.1) is 11.1 Å². The molecule has 26 heavy (non-hydrogen) atoms. The zero-order chi connectivity index (χ0) is 18.7. The van der Waals surface area contributed by atoms with Crippen molar-refractivity contribution in [1.29, 1.82) is 0 Å². The smallest absolute Gasteiger partial charge is 0.251 e. The maximum Gasteiger partial charge on any atom is 0.251 e. The minimum absolute atomic E-state index is 0.133. The first-order valence-corrected chi connectivity index (χ1v) is 9.90. The Kier molecular flexibility index (Phi) is 5.24. The molecule has 8 heteroatoms. The summed E-state index contributed by atoms with van der Waals surface area (Å²) in [5, 5.41) is 6.83. The maximum absolute atomic E-state index is 12.9. The third-order valence-corrected chi connectivity index (χ3v) is 6.23. The normalized spacial score (nSPS) is 17.5. The summed E-state index contributed by atoms with van der Waals surface area (Å²) in [6.07, 6.45) is 7.96. The van der Waals surface area contributed by atoms with Crippen LogP contribution >= 0.6 is 0 Å². The van der Waals surface area contributed by atoms with Gasteiger partial charge in [-0.15, -0.1) is 0 Å². The predicted molar refractivity (Wildman–Crippen MR) is 97.9 cm³/mol. The van der Waals surface area contributed by atoms with E-state index in [-0.39, 0.29) is 16.8 Å². The van der Waals surface area contributed by atoms with Crippen LogP contribution in [0.25, 0.3) is 0 Å². The van der Waals surface area contributed by atoms with Gasteiger partial charge in [-0.2, -0.15) is 9.40 Å². The molecule has 2 aromatic rings. The number of carbonyl (C=O) groups excluding carboxylic acids is 1. The van der Waals surface area contributed by atoms with Crippen LogP contribution in [0.2, 0.25) is 0 Å². The van der Waals surface area contributed by atoms with Gasteiger partial charge in [0.2, 0.25) is 10.0 Å². The summed E-state index contributed by atoms with van der Waals surface area (Å²) < 4.78 is 28.9. The van der Waals surface area contributed by atoms with Gasteiger partial charge in [-0.25, -0.2) is 8.42 Å². The van der Waals surface area contributed by atoms with E-state index in [0.29, 0.717) is 25.1 Å². The Bertz CT molecular complexity index is 933. The molecule has 1 aromatic carbocycles. The van der Waals surface area contributed by atoms with Crippen LogP contribution in [0.1, 0.15) is 29.3 Å². The molecule has 138 valence electrons. The van der Waals surface area contributed by atoms with Crippen LogP contribution in [0, 0.1) is 0 Å². The Labute approximate surface area is 153 Å². The van der Waals surface area contributed by atoms with Crippen molar-refractivity contribution in [2.24, 2.45) is 7.05 Å². The third-order valence-electron chi connectivity index (χ3n) is 4.35. The molecule has 2 heterocycles. The molecule has 1 aromatic heterocycles. The number of benzene rings is 1. The Morgan fingerprint density at radius 2 is 2.19 bits per heavy atom. The van der Waals surface area contributed by atoms with Gasteiger partial charge in [-0.3, -0.25) is 9.48 Å². The summed E-state index contributed by atoms with van der Waals surface area (Å²) in [6, 6.07) is 6.02. The average molecular weight is 374 g/mol. The summed E-state index contributed by atoms with van der Waals surface area (Å²) in [7, 11) is -1.84. The molecular formula is C18H22N4O3S. The van der Waals surface area contributed by atoms with E-state index in [9.17, 15) is 13.2 Å². The van der Waals surface area contributed by atoms with Crippen LogP contribution in [0.15, 0.2) is 53.7 Å². The lowest BCUT2D eigenvalue weighted by atomic mass is 10.2. The predicted octanol–water partition coefficient (Wildman–Crippen LogP) is 1.69. The van der Waals surface area contributed by atoms with Crippen LogP contribution in [0.5, 0.6) is 0 Å². The highest BCUT2D eigenvalue weighted by molar-refractivity contribution is 7.89. The molecule has 3 rings (SSSR count). The lowest BCUT2D eigenvalue weighted by Gasteiger charge is -2.23. The van der Waals surface area contributed by atoms with Gasteiger partial charge in [0.1, 0.15) is 0 Å². The highest BCUT2D eigenvalue weighted by Gasteiger charge is 2.31. The monoisotopic (exact) mass is 374 g/mol. The zero-order valence-electron chi connectivity index (χ0n) is 14.8. The quantitative estimate of drug-likeness (QED) is 0.780. The number of carbonyl (C=O) groups is 1. The molecule has 0 bridgehead atoms. The van der Waals surface area contributed by atoms with Gasteiger partial charge in [-0.1, -0.05) is 25.1 Å². The van der Waals surface area contributed by atoms with Crippen molar-refractivity contribution in [1.82, 2.24) is 19.4 Å². The number of amides is 1. The number of hydrogen-bond acceptors (Lipinski definition) is 4. The van der Waals surface area contributed by atoms with E-state index in [1.807, 2.05) is 25.3 Å². The van der Waals surface area contributed by atoms with E-state index < -0.39 is 10.0 Å². The lowest BCUT2D eigenvalue weighted by molar-refractivity contribution is 0.0950. The van der Waals surface area contributed by atoms with Gasteiger partial charge in [-0.05, 0) is 24.6 Å². The number of nitrogens with one attached hydrogen (secondary N) is 1. The van der Waals surface area contributed by atoms with E-state index in [4.69, 9.17) is 0 Å². The largest absolute Gasteiger partial charge is 0.348 e. The second-order valence-electron chi connectivity index (χ2n) is 6.21. The van der Waals surface area contributed by atoms with Crippen LogP contribution in [0.3, 0.4) is 0 Å². The fraction of sp³-hybridized carbons (Fsp3) is 0.333. The van der Waals surface area contributed by atoms with E-state index in [0.717, 1.165) is 5.56 Å². The van der Waals surface area contributed by atoms with E-state index in [2.05, 4.69) is 10.4 Å². The average Bonchev–Trinajstić information content (AvgIpc) is 3.28. The molecule has 1 atom stereocenters. The molecule has 0 spiro atoms. The van der Waals surface area contributed by atoms with E-state index in [1.165, 1.54) is 16.4 Å². The molecule has 1 amide bonds.